The summed E-state index contributed by atoms with van der Waals surface area (Å²) in [6, 6.07) is 11.2. The molecule has 0 aliphatic heterocycles. The molecule has 31 heavy (non-hydrogen) atoms. The number of H-pyrrole nitrogens is 1. The van der Waals surface area contributed by atoms with E-state index in [1.165, 1.54) is 25.3 Å². The van der Waals surface area contributed by atoms with Gasteiger partial charge in [0.2, 0.25) is 0 Å². The lowest BCUT2D eigenvalue weighted by Gasteiger charge is -2.11. The van der Waals surface area contributed by atoms with Crippen molar-refractivity contribution >= 4 is 5.91 Å². The van der Waals surface area contributed by atoms with Crippen LogP contribution in [0.5, 0.6) is 11.5 Å². The lowest BCUT2D eigenvalue weighted by atomic mass is 10.1. The van der Waals surface area contributed by atoms with E-state index in [1.807, 2.05) is 6.07 Å². The van der Waals surface area contributed by atoms with Crippen LogP contribution in [0.15, 0.2) is 58.3 Å². The summed E-state index contributed by atoms with van der Waals surface area (Å²) in [5.41, 5.74) is -0.688. The minimum absolute atomic E-state index is 0.168. The van der Waals surface area contributed by atoms with Gasteiger partial charge in [0.15, 0.2) is 11.5 Å². The van der Waals surface area contributed by atoms with Gasteiger partial charge in [-0.15, -0.1) is 0 Å². The number of hydrogen-bond acceptors (Lipinski definition) is 5. The number of carbonyl (C=O) groups is 1. The van der Waals surface area contributed by atoms with Gasteiger partial charge in [0.05, 0.1) is 20.8 Å². The first kappa shape index (κ1) is 21.8. The summed E-state index contributed by atoms with van der Waals surface area (Å²) >= 11 is 0. The van der Waals surface area contributed by atoms with Crippen molar-refractivity contribution in [1.82, 2.24) is 14.9 Å². The summed E-state index contributed by atoms with van der Waals surface area (Å²) in [6.07, 6.45) is 1.55. The summed E-state index contributed by atoms with van der Waals surface area (Å²) in [5.74, 6) is -0.00972. The summed E-state index contributed by atoms with van der Waals surface area (Å²) < 4.78 is 25.1. The highest BCUT2D eigenvalue weighted by molar-refractivity contribution is 5.93. The van der Waals surface area contributed by atoms with Gasteiger partial charge in [0.25, 0.3) is 11.5 Å². The van der Waals surface area contributed by atoms with Crippen molar-refractivity contribution in [3.8, 4) is 11.5 Å². The molecule has 0 radical (unpaired) electrons. The van der Waals surface area contributed by atoms with Crippen molar-refractivity contribution in [2.45, 2.75) is 13.0 Å². The third kappa shape index (κ3) is 5.00. The van der Waals surface area contributed by atoms with Crippen LogP contribution in [-0.2, 0) is 13.0 Å². The number of aromatic nitrogens is 2. The monoisotopic (exact) mass is 427 g/mol. The highest BCUT2D eigenvalue weighted by atomic mass is 19.1. The molecule has 0 aliphatic carbocycles. The minimum Gasteiger partial charge on any atom is -0.493 e. The van der Waals surface area contributed by atoms with E-state index in [0.29, 0.717) is 17.9 Å². The van der Waals surface area contributed by atoms with Crippen LogP contribution in [0.4, 0.5) is 4.39 Å². The molecule has 0 fully saturated rings. The Labute approximate surface area is 177 Å². The van der Waals surface area contributed by atoms with Gasteiger partial charge in [0.1, 0.15) is 11.4 Å². The van der Waals surface area contributed by atoms with Gasteiger partial charge in [-0.25, -0.2) is 9.18 Å². The van der Waals surface area contributed by atoms with Crippen LogP contribution in [0.2, 0.25) is 0 Å². The first-order valence-corrected chi connectivity index (χ1v) is 9.49. The Bertz CT molecular complexity index is 1200. The molecule has 2 aromatic carbocycles. The predicted octanol–water partition coefficient (Wildman–Crippen LogP) is 1.71. The molecule has 1 amide bonds. The lowest BCUT2D eigenvalue weighted by molar-refractivity contribution is 0.0951. The number of amides is 1. The fourth-order valence-electron chi connectivity index (χ4n) is 3.07. The van der Waals surface area contributed by atoms with E-state index in [-0.39, 0.29) is 24.2 Å². The molecule has 9 heteroatoms. The van der Waals surface area contributed by atoms with E-state index in [0.717, 1.165) is 16.3 Å². The zero-order valence-electron chi connectivity index (χ0n) is 17.1. The lowest BCUT2D eigenvalue weighted by Crippen LogP contribution is -2.41. The molecule has 1 aromatic heterocycles. The highest BCUT2D eigenvalue weighted by Crippen LogP contribution is 2.27. The summed E-state index contributed by atoms with van der Waals surface area (Å²) in [6.45, 7) is -0.0339. The van der Waals surface area contributed by atoms with Gasteiger partial charge in [-0.1, -0.05) is 24.3 Å². The molecule has 3 aromatic rings. The number of methoxy groups -OCH3 is 2. The molecule has 0 spiro atoms. The average molecular weight is 427 g/mol. The number of benzene rings is 2. The quantitative estimate of drug-likeness (QED) is 0.570. The second kappa shape index (κ2) is 9.75. The number of nitrogens with zero attached hydrogens (tertiary/aromatic N) is 1. The Morgan fingerprint density at radius 2 is 1.84 bits per heavy atom. The maximum Gasteiger partial charge on any atom is 0.328 e. The number of hydrogen-bond donors (Lipinski definition) is 2. The van der Waals surface area contributed by atoms with Crippen LogP contribution < -0.4 is 26.0 Å². The van der Waals surface area contributed by atoms with E-state index in [1.54, 1.807) is 25.3 Å². The molecule has 2 N–H and O–H groups in total. The van der Waals surface area contributed by atoms with Crippen LogP contribution in [-0.4, -0.2) is 36.2 Å². The van der Waals surface area contributed by atoms with Gasteiger partial charge < -0.3 is 19.8 Å². The van der Waals surface area contributed by atoms with E-state index in [4.69, 9.17) is 9.47 Å². The smallest absolute Gasteiger partial charge is 0.328 e. The SMILES string of the molecule is COc1ccc(CCNC(=O)c2c[nH]c(=O)n(Cc3ccccc3F)c2=O)cc1OC. The van der Waals surface area contributed by atoms with Crippen molar-refractivity contribution in [2.24, 2.45) is 0 Å². The van der Waals surface area contributed by atoms with Crippen molar-refractivity contribution in [1.29, 1.82) is 0 Å². The first-order valence-electron chi connectivity index (χ1n) is 9.49. The summed E-state index contributed by atoms with van der Waals surface area (Å²) in [7, 11) is 3.08. The molecule has 1 heterocycles. The maximum atomic E-state index is 13.9. The first-order chi connectivity index (χ1) is 14.9. The molecule has 0 saturated carbocycles. The highest BCUT2D eigenvalue weighted by Gasteiger charge is 2.16. The summed E-state index contributed by atoms with van der Waals surface area (Å²) in [4.78, 5) is 39.6. The normalized spacial score (nSPS) is 10.5. The molecule has 0 bridgehead atoms. The number of rotatable bonds is 8. The van der Waals surface area contributed by atoms with E-state index >= 15 is 0 Å². The standard InChI is InChI=1S/C22H22FN3O5/c1-30-18-8-7-14(11-19(18)31-2)9-10-24-20(27)16-12-25-22(29)26(21(16)28)13-15-5-3-4-6-17(15)23/h3-8,11-12H,9-10,13H2,1-2H3,(H,24,27)(H,25,29). The average Bonchev–Trinajstić information content (AvgIpc) is 2.77. The fourth-order valence-corrected chi connectivity index (χ4v) is 3.07. The zero-order chi connectivity index (χ0) is 22.4. The minimum atomic E-state index is -0.796. The van der Waals surface area contributed by atoms with E-state index < -0.39 is 23.0 Å². The molecule has 0 unspecified atom stereocenters. The molecule has 162 valence electrons. The van der Waals surface area contributed by atoms with Crippen molar-refractivity contribution < 1.29 is 18.7 Å². The molecule has 0 atom stereocenters. The van der Waals surface area contributed by atoms with E-state index in [2.05, 4.69) is 10.3 Å². The molecular weight excluding hydrogens is 405 g/mol. The van der Waals surface area contributed by atoms with Gasteiger partial charge in [-0.3, -0.25) is 14.2 Å². The second-order valence-corrected chi connectivity index (χ2v) is 6.69. The third-order valence-corrected chi connectivity index (χ3v) is 4.74. The van der Waals surface area contributed by atoms with Crippen LogP contribution in [0.25, 0.3) is 0 Å². The Kier molecular flexibility index (Phi) is 6.86. The van der Waals surface area contributed by atoms with Gasteiger partial charge in [0, 0.05) is 18.3 Å². The molecule has 3 rings (SSSR count). The van der Waals surface area contributed by atoms with Crippen molar-refractivity contribution in [3.63, 3.8) is 0 Å². The number of halogens is 1. The molecule has 0 saturated heterocycles. The predicted molar refractivity (Wildman–Crippen MR) is 112 cm³/mol. The Balaban J connectivity index is 1.72. The Morgan fingerprint density at radius 1 is 1.10 bits per heavy atom. The summed E-state index contributed by atoms with van der Waals surface area (Å²) in [5, 5.41) is 2.66. The Hall–Kier alpha value is -3.88. The van der Waals surface area contributed by atoms with Gasteiger partial charge in [-0.05, 0) is 30.2 Å². The second-order valence-electron chi connectivity index (χ2n) is 6.69. The number of nitrogens with one attached hydrogen (secondary N) is 2. The maximum absolute atomic E-state index is 13.9. The zero-order valence-corrected chi connectivity index (χ0v) is 17.1. The van der Waals surface area contributed by atoms with Crippen molar-refractivity contribution in [2.75, 3.05) is 20.8 Å². The van der Waals surface area contributed by atoms with Crippen LogP contribution in [0, 0.1) is 5.82 Å². The van der Waals surface area contributed by atoms with Gasteiger partial charge in [-0.2, -0.15) is 0 Å². The van der Waals surface area contributed by atoms with Crippen LogP contribution in [0.3, 0.4) is 0 Å². The number of carbonyl (C=O) groups excluding carboxylic acids is 1. The van der Waals surface area contributed by atoms with Crippen LogP contribution >= 0.6 is 0 Å². The number of ether oxygens (including phenoxy) is 2. The van der Waals surface area contributed by atoms with E-state index in [9.17, 15) is 18.8 Å². The van der Waals surface area contributed by atoms with Crippen molar-refractivity contribution in [3.05, 3.63) is 92.0 Å². The van der Waals surface area contributed by atoms with Crippen LogP contribution in [0.1, 0.15) is 21.5 Å². The topological polar surface area (TPSA) is 102 Å². The Morgan fingerprint density at radius 3 is 2.55 bits per heavy atom. The molecular formula is C22H22FN3O5. The molecule has 0 aliphatic rings. The molecule has 8 nitrogen and oxygen atoms in total. The largest absolute Gasteiger partial charge is 0.493 e. The third-order valence-electron chi connectivity index (χ3n) is 4.74. The fraction of sp³-hybridized carbons (Fsp3) is 0.227. The number of aromatic amines is 1. The van der Waals surface area contributed by atoms with Gasteiger partial charge >= 0.3 is 5.69 Å².